The third kappa shape index (κ3) is 4.54. The van der Waals surface area contributed by atoms with E-state index in [1.54, 1.807) is 7.05 Å². The number of nitrogens with zero attached hydrogens (tertiary/aromatic N) is 6. The summed E-state index contributed by atoms with van der Waals surface area (Å²) in [6, 6.07) is 0.0563. The fourth-order valence-corrected chi connectivity index (χ4v) is 5.86. The summed E-state index contributed by atoms with van der Waals surface area (Å²) in [7, 11) is 1.67. The molecule has 16 heteroatoms. The molecule has 0 spiro atoms. The first-order valence-corrected chi connectivity index (χ1v) is 11.8. The van der Waals surface area contributed by atoms with Gasteiger partial charge in [-0.05, 0) is 33.7 Å². The second-order valence-electron chi connectivity index (χ2n) is 7.25. The van der Waals surface area contributed by atoms with Crippen LogP contribution in [0.3, 0.4) is 0 Å². The van der Waals surface area contributed by atoms with Crippen LogP contribution < -0.4 is 16.4 Å². The van der Waals surface area contributed by atoms with Gasteiger partial charge in [-0.1, -0.05) is 11.8 Å². The summed E-state index contributed by atoms with van der Waals surface area (Å²) < 4.78 is 1.46. The number of amides is 4. The Morgan fingerprint density at radius 1 is 1.35 bits per heavy atom. The van der Waals surface area contributed by atoms with Gasteiger partial charge in [-0.15, -0.1) is 16.9 Å². The fourth-order valence-electron chi connectivity index (χ4n) is 3.52. The van der Waals surface area contributed by atoms with Crippen molar-refractivity contribution in [1.29, 1.82) is 0 Å². The van der Waals surface area contributed by atoms with E-state index in [9.17, 15) is 24.3 Å². The van der Waals surface area contributed by atoms with E-state index in [1.807, 2.05) is 0 Å². The molecule has 4 amide bonds. The second-order valence-corrected chi connectivity index (χ2v) is 9.30. The number of tetrazole rings is 1. The van der Waals surface area contributed by atoms with Crippen LogP contribution >= 0.6 is 23.5 Å². The van der Waals surface area contributed by atoms with Crippen LogP contribution in [0.2, 0.25) is 0 Å². The summed E-state index contributed by atoms with van der Waals surface area (Å²) in [4.78, 5) is 54.3. The van der Waals surface area contributed by atoms with Crippen LogP contribution in [-0.2, 0) is 21.4 Å². The summed E-state index contributed by atoms with van der Waals surface area (Å²) in [6.45, 7) is 0. The molecule has 2 aliphatic rings. The van der Waals surface area contributed by atoms with Crippen LogP contribution in [0.1, 0.15) is 11.6 Å². The SMILES string of the molecule is Cn1nnnc1SCC1=C(C(=O)O)N2C(=O)[C@H](NC(=O)C(NC(N)=O)c3ccncc3)C2SC1. The smallest absolute Gasteiger partial charge is 0.352 e. The number of hydrogen-bond donors (Lipinski definition) is 4. The summed E-state index contributed by atoms with van der Waals surface area (Å²) in [5, 5.41) is 25.8. The molecule has 1 saturated heterocycles. The number of rotatable bonds is 8. The number of carbonyl (C=O) groups excluding carboxylic acids is 3. The number of aromatic nitrogens is 5. The standard InChI is InChI=1S/C18H19N9O5S2/c1-26-18(23-24-25-26)34-7-9-6-33-15-11(14(29)27(15)12(9)16(30)31)21-13(28)10(22-17(19)32)8-2-4-20-5-3-8/h2-5,10-11,15H,6-7H2,1H3,(H,21,28)(H,30,31)(H3,19,22,32)/t10?,11-,15?/m0/s1. The highest BCUT2D eigenvalue weighted by atomic mass is 32.2. The molecule has 4 rings (SSSR count). The van der Waals surface area contributed by atoms with Crippen molar-refractivity contribution in [3.05, 3.63) is 41.4 Å². The minimum absolute atomic E-state index is 0.108. The maximum absolute atomic E-state index is 12.9. The molecule has 1 fully saturated rings. The van der Waals surface area contributed by atoms with Crippen molar-refractivity contribution >= 4 is 47.3 Å². The Labute approximate surface area is 200 Å². The van der Waals surface area contributed by atoms with Crippen molar-refractivity contribution in [3.8, 4) is 0 Å². The van der Waals surface area contributed by atoms with Gasteiger partial charge in [0.15, 0.2) is 0 Å². The number of carbonyl (C=O) groups is 4. The first-order valence-electron chi connectivity index (χ1n) is 9.79. The topological polar surface area (TPSA) is 198 Å². The van der Waals surface area contributed by atoms with Crippen molar-refractivity contribution < 1.29 is 24.3 Å². The van der Waals surface area contributed by atoms with E-state index in [-0.39, 0.29) is 11.4 Å². The quantitative estimate of drug-likeness (QED) is 0.249. The number of nitrogens with two attached hydrogens (primary N) is 1. The Morgan fingerprint density at radius 2 is 2.09 bits per heavy atom. The number of aryl methyl sites for hydroxylation is 1. The second kappa shape index (κ2) is 9.68. The number of thioether (sulfide) groups is 2. The molecule has 0 bridgehead atoms. The largest absolute Gasteiger partial charge is 0.477 e. The summed E-state index contributed by atoms with van der Waals surface area (Å²) >= 11 is 2.59. The third-order valence-corrected chi connectivity index (χ3v) is 7.53. The number of fused-ring (bicyclic) bond motifs is 1. The molecule has 34 heavy (non-hydrogen) atoms. The molecular formula is C18H19N9O5S2. The highest BCUT2D eigenvalue weighted by Crippen LogP contribution is 2.41. The minimum Gasteiger partial charge on any atom is -0.477 e. The maximum atomic E-state index is 12.9. The number of primary amides is 1. The van der Waals surface area contributed by atoms with Gasteiger partial charge in [-0.3, -0.25) is 19.5 Å². The van der Waals surface area contributed by atoms with E-state index in [0.717, 1.165) is 0 Å². The average Bonchev–Trinajstić information content (AvgIpc) is 3.23. The zero-order chi connectivity index (χ0) is 24.4. The van der Waals surface area contributed by atoms with Gasteiger partial charge in [-0.25, -0.2) is 14.3 Å². The van der Waals surface area contributed by atoms with E-state index in [0.29, 0.717) is 22.0 Å². The van der Waals surface area contributed by atoms with Crippen LogP contribution in [0, 0.1) is 0 Å². The lowest BCUT2D eigenvalue weighted by Crippen LogP contribution is -2.71. The lowest BCUT2D eigenvalue weighted by molar-refractivity contribution is -0.150. The van der Waals surface area contributed by atoms with Gasteiger partial charge in [0.05, 0.1) is 0 Å². The zero-order valence-corrected chi connectivity index (χ0v) is 19.2. The van der Waals surface area contributed by atoms with Gasteiger partial charge >= 0.3 is 12.0 Å². The molecule has 5 N–H and O–H groups in total. The van der Waals surface area contributed by atoms with Crippen LogP contribution in [0.15, 0.2) is 41.0 Å². The van der Waals surface area contributed by atoms with Crippen molar-refractivity contribution in [1.82, 2.24) is 40.7 Å². The molecule has 0 aromatic carbocycles. The number of carboxylic acids is 1. The van der Waals surface area contributed by atoms with Crippen molar-refractivity contribution in [2.24, 2.45) is 12.8 Å². The fraction of sp³-hybridized carbons (Fsp3) is 0.333. The Morgan fingerprint density at radius 3 is 2.71 bits per heavy atom. The Kier molecular flexibility index (Phi) is 6.69. The Balaban J connectivity index is 1.49. The monoisotopic (exact) mass is 505 g/mol. The van der Waals surface area contributed by atoms with Gasteiger partial charge in [0, 0.05) is 30.9 Å². The molecule has 3 atom stereocenters. The lowest BCUT2D eigenvalue weighted by Gasteiger charge is -2.49. The number of hydrogen-bond acceptors (Lipinski definition) is 10. The number of β-lactam (4-membered cyclic amide) rings is 1. The number of carboxylic acid groups (broad SMARTS) is 1. The molecular weight excluding hydrogens is 486 g/mol. The molecule has 14 nitrogen and oxygen atoms in total. The minimum atomic E-state index is -1.24. The highest BCUT2D eigenvalue weighted by Gasteiger charge is 2.54. The lowest BCUT2D eigenvalue weighted by atomic mass is 10.0. The van der Waals surface area contributed by atoms with Crippen LogP contribution in [0.5, 0.6) is 0 Å². The Bertz CT molecular complexity index is 1170. The number of pyridine rings is 1. The van der Waals surface area contributed by atoms with Gasteiger partial charge < -0.3 is 21.5 Å². The van der Waals surface area contributed by atoms with Gasteiger partial charge in [0.2, 0.25) is 11.1 Å². The van der Waals surface area contributed by atoms with E-state index in [1.165, 1.54) is 57.6 Å². The number of urea groups is 1. The Hall–Kier alpha value is -3.66. The zero-order valence-electron chi connectivity index (χ0n) is 17.6. The summed E-state index contributed by atoms with van der Waals surface area (Å²) in [5.74, 6) is -1.82. The van der Waals surface area contributed by atoms with E-state index < -0.39 is 41.3 Å². The normalized spacial score (nSPS) is 20.3. The van der Waals surface area contributed by atoms with E-state index in [4.69, 9.17) is 5.73 Å². The van der Waals surface area contributed by atoms with Crippen LogP contribution in [0.4, 0.5) is 4.79 Å². The summed E-state index contributed by atoms with van der Waals surface area (Å²) in [5.41, 5.74) is 6.07. The van der Waals surface area contributed by atoms with Gasteiger partial charge in [0.25, 0.3) is 5.91 Å². The predicted molar refractivity (Wildman–Crippen MR) is 119 cm³/mol. The first kappa shape index (κ1) is 23.5. The van der Waals surface area contributed by atoms with Crippen LogP contribution in [-0.4, -0.2) is 81.9 Å². The number of aliphatic carboxylic acids is 1. The molecule has 2 unspecified atom stereocenters. The van der Waals surface area contributed by atoms with Crippen LogP contribution in [0.25, 0.3) is 0 Å². The molecule has 0 radical (unpaired) electrons. The maximum Gasteiger partial charge on any atom is 0.352 e. The molecule has 178 valence electrons. The predicted octanol–water partition coefficient (Wildman–Crippen LogP) is -1.15. The van der Waals surface area contributed by atoms with Gasteiger partial charge in [-0.2, -0.15) is 0 Å². The third-order valence-electron chi connectivity index (χ3n) is 5.09. The summed E-state index contributed by atoms with van der Waals surface area (Å²) in [6.07, 6.45) is 2.90. The molecule has 2 aromatic rings. The highest BCUT2D eigenvalue weighted by molar-refractivity contribution is 8.01. The van der Waals surface area contributed by atoms with E-state index in [2.05, 4.69) is 31.1 Å². The molecule has 0 saturated carbocycles. The number of nitrogens with one attached hydrogen (secondary N) is 2. The molecule has 4 heterocycles. The first-order chi connectivity index (χ1) is 16.3. The van der Waals surface area contributed by atoms with Crippen molar-refractivity contribution in [2.75, 3.05) is 11.5 Å². The van der Waals surface area contributed by atoms with Crippen molar-refractivity contribution in [2.45, 2.75) is 22.6 Å². The average molecular weight is 506 g/mol. The van der Waals surface area contributed by atoms with Gasteiger partial charge in [0.1, 0.15) is 23.2 Å². The molecule has 2 aliphatic heterocycles. The van der Waals surface area contributed by atoms with E-state index >= 15 is 0 Å². The molecule has 0 aliphatic carbocycles. The molecule has 2 aromatic heterocycles. The van der Waals surface area contributed by atoms with Crippen molar-refractivity contribution in [3.63, 3.8) is 0 Å².